The van der Waals surface area contributed by atoms with Crippen LogP contribution < -0.4 is 5.56 Å². The molecule has 0 radical (unpaired) electrons. The molecule has 2 heterocycles. The van der Waals surface area contributed by atoms with Crippen molar-refractivity contribution in [1.82, 2.24) is 9.88 Å². The number of hydrogen-bond acceptors (Lipinski definition) is 4. The molecule has 22 heavy (non-hydrogen) atoms. The highest BCUT2D eigenvalue weighted by Gasteiger charge is 2.34. The fraction of sp³-hybridized carbons (Fsp3) is 0.375. The number of aromatic amines is 1. The maximum absolute atomic E-state index is 12.9. The predicted octanol–water partition coefficient (Wildman–Crippen LogP) is 0.750. The number of para-hydroxylation sites is 1. The summed E-state index contributed by atoms with van der Waals surface area (Å²) in [5.41, 5.74) is 0.652. The van der Waals surface area contributed by atoms with Crippen molar-refractivity contribution in [1.29, 1.82) is 0 Å². The second kappa shape index (κ2) is 5.90. The Morgan fingerprint density at radius 3 is 2.86 bits per heavy atom. The summed E-state index contributed by atoms with van der Waals surface area (Å²) < 4.78 is 5.24. The summed E-state index contributed by atoms with van der Waals surface area (Å²) in [4.78, 5) is 29.0. The number of aliphatic hydroxyl groups excluding tert-OH is 1. The van der Waals surface area contributed by atoms with Crippen LogP contribution in [0.5, 0.6) is 0 Å². The van der Waals surface area contributed by atoms with E-state index in [1.54, 1.807) is 23.1 Å². The SMILES string of the molecule is CCN(C(=O)c1cc(=O)[nH]c2ccccc12)[C@@H]1COC[C@H]1O. The zero-order valence-corrected chi connectivity index (χ0v) is 12.3. The number of aromatic nitrogens is 1. The number of pyridine rings is 1. The molecule has 0 spiro atoms. The van der Waals surface area contributed by atoms with Crippen LogP contribution >= 0.6 is 0 Å². The standard InChI is InChI=1S/C16H18N2O4/c1-2-18(13-8-22-9-14(13)19)16(21)11-7-15(20)17-12-6-4-3-5-10(11)12/h3-7,13-14,19H,2,8-9H2,1H3,(H,17,20)/t13-,14-/m1/s1. The molecule has 1 aromatic heterocycles. The van der Waals surface area contributed by atoms with Crippen LogP contribution in [-0.4, -0.2) is 52.8 Å². The monoisotopic (exact) mass is 302 g/mol. The lowest BCUT2D eigenvalue weighted by Gasteiger charge is -2.29. The van der Waals surface area contributed by atoms with Crippen molar-refractivity contribution in [3.8, 4) is 0 Å². The summed E-state index contributed by atoms with van der Waals surface area (Å²) in [5, 5.41) is 10.7. The quantitative estimate of drug-likeness (QED) is 0.876. The fourth-order valence-electron chi connectivity index (χ4n) is 2.89. The minimum Gasteiger partial charge on any atom is -0.388 e. The summed E-state index contributed by atoms with van der Waals surface area (Å²) in [6.07, 6.45) is -0.697. The number of aliphatic hydroxyl groups is 1. The van der Waals surface area contributed by atoms with Gasteiger partial charge in [0.2, 0.25) is 5.56 Å². The molecule has 0 bridgehead atoms. The second-order valence-corrected chi connectivity index (χ2v) is 5.36. The summed E-state index contributed by atoms with van der Waals surface area (Å²) in [7, 11) is 0. The van der Waals surface area contributed by atoms with Crippen LogP contribution in [0.25, 0.3) is 10.9 Å². The van der Waals surface area contributed by atoms with Crippen molar-refractivity contribution in [3.63, 3.8) is 0 Å². The number of H-pyrrole nitrogens is 1. The van der Waals surface area contributed by atoms with Gasteiger partial charge in [-0.05, 0) is 13.0 Å². The summed E-state index contributed by atoms with van der Waals surface area (Å²) in [6.45, 7) is 2.82. The van der Waals surface area contributed by atoms with Crippen molar-refractivity contribution < 1.29 is 14.6 Å². The van der Waals surface area contributed by atoms with Gasteiger partial charge >= 0.3 is 0 Å². The van der Waals surface area contributed by atoms with E-state index in [0.29, 0.717) is 29.6 Å². The van der Waals surface area contributed by atoms with E-state index >= 15 is 0 Å². The number of carbonyl (C=O) groups excluding carboxylic acids is 1. The maximum atomic E-state index is 12.9. The van der Waals surface area contributed by atoms with E-state index in [1.165, 1.54) is 6.07 Å². The normalized spacial score (nSPS) is 21.2. The molecule has 0 saturated carbocycles. The molecule has 1 amide bonds. The van der Waals surface area contributed by atoms with Gasteiger partial charge in [-0.1, -0.05) is 18.2 Å². The van der Waals surface area contributed by atoms with Crippen LogP contribution in [0.15, 0.2) is 35.1 Å². The Balaban J connectivity index is 2.06. The molecule has 1 aromatic carbocycles. The molecule has 2 aromatic rings. The molecule has 1 aliphatic rings. The molecule has 1 saturated heterocycles. The van der Waals surface area contributed by atoms with E-state index in [-0.39, 0.29) is 24.1 Å². The predicted molar refractivity (Wildman–Crippen MR) is 81.9 cm³/mol. The Kier molecular flexibility index (Phi) is 3.96. The zero-order chi connectivity index (χ0) is 15.7. The molecule has 6 heteroatoms. The fourth-order valence-corrected chi connectivity index (χ4v) is 2.89. The minimum atomic E-state index is -0.697. The van der Waals surface area contributed by atoms with Gasteiger partial charge in [-0.3, -0.25) is 9.59 Å². The van der Waals surface area contributed by atoms with Gasteiger partial charge in [0, 0.05) is 23.5 Å². The second-order valence-electron chi connectivity index (χ2n) is 5.36. The molecule has 0 unspecified atom stereocenters. The highest BCUT2D eigenvalue weighted by molar-refractivity contribution is 6.06. The highest BCUT2D eigenvalue weighted by atomic mass is 16.5. The van der Waals surface area contributed by atoms with Crippen molar-refractivity contribution in [3.05, 3.63) is 46.2 Å². The van der Waals surface area contributed by atoms with Gasteiger partial charge in [0.15, 0.2) is 0 Å². The van der Waals surface area contributed by atoms with Gasteiger partial charge in [-0.15, -0.1) is 0 Å². The number of likely N-dealkylation sites (N-methyl/N-ethyl adjacent to an activating group) is 1. The molecule has 2 N–H and O–H groups in total. The van der Waals surface area contributed by atoms with Crippen molar-refractivity contribution in [2.45, 2.75) is 19.1 Å². The average molecular weight is 302 g/mol. The third kappa shape index (κ3) is 2.51. The molecule has 6 nitrogen and oxygen atoms in total. The molecule has 0 aliphatic carbocycles. The summed E-state index contributed by atoms with van der Waals surface area (Å²) >= 11 is 0. The Bertz CT molecular complexity index is 755. The maximum Gasteiger partial charge on any atom is 0.255 e. The Labute approximate surface area is 127 Å². The van der Waals surface area contributed by atoms with E-state index in [9.17, 15) is 14.7 Å². The number of rotatable bonds is 3. The number of nitrogens with one attached hydrogen (secondary N) is 1. The summed E-state index contributed by atoms with van der Waals surface area (Å²) in [5.74, 6) is -0.264. The zero-order valence-electron chi connectivity index (χ0n) is 12.3. The first-order valence-corrected chi connectivity index (χ1v) is 7.30. The molecular formula is C16H18N2O4. The van der Waals surface area contributed by atoms with Gasteiger partial charge < -0.3 is 19.7 Å². The van der Waals surface area contributed by atoms with Crippen LogP contribution in [0.1, 0.15) is 17.3 Å². The largest absolute Gasteiger partial charge is 0.388 e. The first-order chi connectivity index (χ1) is 10.6. The lowest BCUT2D eigenvalue weighted by atomic mass is 10.1. The Morgan fingerprint density at radius 1 is 1.41 bits per heavy atom. The Hall–Kier alpha value is -2.18. The molecule has 1 fully saturated rings. The lowest BCUT2D eigenvalue weighted by Crippen LogP contribution is -2.46. The van der Waals surface area contributed by atoms with Crippen molar-refractivity contribution >= 4 is 16.8 Å². The van der Waals surface area contributed by atoms with Gasteiger partial charge in [0.25, 0.3) is 5.91 Å². The molecule has 3 rings (SSSR count). The van der Waals surface area contributed by atoms with E-state index in [4.69, 9.17) is 4.74 Å². The van der Waals surface area contributed by atoms with E-state index in [2.05, 4.69) is 4.98 Å². The van der Waals surface area contributed by atoms with Crippen LogP contribution in [0.4, 0.5) is 0 Å². The smallest absolute Gasteiger partial charge is 0.255 e. The third-order valence-corrected chi connectivity index (χ3v) is 4.00. The van der Waals surface area contributed by atoms with E-state index in [1.807, 2.05) is 13.0 Å². The average Bonchev–Trinajstić information content (AvgIpc) is 2.93. The highest BCUT2D eigenvalue weighted by Crippen LogP contribution is 2.20. The Morgan fingerprint density at radius 2 is 2.18 bits per heavy atom. The number of nitrogens with zero attached hydrogens (tertiary/aromatic N) is 1. The van der Waals surface area contributed by atoms with Gasteiger partial charge in [0.1, 0.15) is 0 Å². The van der Waals surface area contributed by atoms with Crippen molar-refractivity contribution in [2.24, 2.45) is 0 Å². The molecule has 1 aliphatic heterocycles. The van der Waals surface area contributed by atoms with E-state index in [0.717, 1.165) is 0 Å². The van der Waals surface area contributed by atoms with E-state index < -0.39 is 6.10 Å². The number of fused-ring (bicyclic) bond motifs is 1. The topological polar surface area (TPSA) is 82.6 Å². The number of amides is 1. The van der Waals surface area contributed by atoms with Crippen LogP contribution in [0, 0.1) is 0 Å². The number of hydrogen-bond donors (Lipinski definition) is 2. The molecule has 2 atom stereocenters. The van der Waals surface area contributed by atoms with Crippen LogP contribution in [0.2, 0.25) is 0 Å². The van der Waals surface area contributed by atoms with Crippen LogP contribution in [-0.2, 0) is 4.74 Å². The first kappa shape index (κ1) is 14.7. The lowest BCUT2D eigenvalue weighted by molar-refractivity contribution is 0.0522. The van der Waals surface area contributed by atoms with Gasteiger partial charge in [0.05, 0.1) is 30.9 Å². The van der Waals surface area contributed by atoms with Gasteiger partial charge in [-0.2, -0.15) is 0 Å². The summed E-state index contributed by atoms with van der Waals surface area (Å²) in [6, 6.07) is 8.12. The minimum absolute atomic E-state index is 0.227. The molecule has 116 valence electrons. The van der Waals surface area contributed by atoms with Gasteiger partial charge in [-0.25, -0.2) is 0 Å². The first-order valence-electron chi connectivity index (χ1n) is 7.30. The third-order valence-electron chi connectivity index (χ3n) is 4.00. The van der Waals surface area contributed by atoms with Crippen LogP contribution in [0.3, 0.4) is 0 Å². The van der Waals surface area contributed by atoms with Crippen molar-refractivity contribution in [2.75, 3.05) is 19.8 Å². The number of carbonyl (C=O) groups is 1. The molecular weight excluding hydrogens is 284 g/mol. The number of benzene rings is 1. The number of ether oxygens (including phenoxy) is 1.